The van der Waals surface area contributed by atoms with Crippen LogP contribution in [0.3, 0.4) is 0 Å². The van der Waals surface area contributed by atoms with E-state index in [1.165, 1.54) is 0 Å². The number of halogens is 1. The van der Waals surface area contributed by atoms with Crippen molar-refractivity contribution >= 4 is 35.4 Å². The predicted molar refractivity (Wildman–Crippen MR) is 83.8 cm³/mol. The third-order valence-corrected chi connectivity index (χ3v) is 4.79. The Bertz CT molecular complexity index is 521. The molecule has 0 aromatic heterocycles. The lowest BCUT2D eigenvalue weighted by Crippen LogP contribution is -2.46. The van der Waals surface area contributed by atoms with Crippen molar-refractivity contribution in [2.45, 2.75) is 24.9 Å². The van der Waals surface area contributed by atoms with Gasteiger partial charge in [-0.15, -0.1) is 0 Å². The molecular weight excluding hydrogens is 312 g/mol. The number of aliphatic carboxylic acids is 1. The molecule has 3 N–H and O–H groups in total. The van der Waals surface area contributed by atoms with Crippen LogP contribution in [0.1, 0.15) is 24.4 Å². The summed E-state index contributed by atoms with van der Waals surface area (Å²) in [5.74, 6) is 0.824. The van der Waals surface area contributed by atoms with E-state index in [1.807, 2.05) is 0 Å². The Morgan fingerprint density at radius 3 is 2.76 bits per heavy atom. The van der Waals surface area contributed by atoms with Crippen molar-refractivity contribution in [2.24, 2.45) is 0 Å². The molecule has 1 fully saturated rings. The number of nitrogens with one attached hydrogen (secondary N) is 2. The summed E-state index contributed by atoms with van der Waals surface area (Å²) in [6.45, 7) is 0. The summed E-state index contributed by atoms with van der Waals surface area (Å²) in [5, 5.41) is 14.9. The molecule has 0 radical (unpaired) electrons. The zero-order valence-corrected chi connectivity index (χ0v) is 12.9. The van der Waals surface area contributed by atoms with E-state index in [1.54, 1.807) is 36.0 Å². The minimum Gasteiger partial charge on any atom is -0.479 e. The second-order valence-electron chi connectivity index (χ2n) is 4.82. The van der Waals surface area contributed by atoms with Gasteiger partial charge in [0, 0.05) is 22.4 Å². The van der Waals surface area contributed by atoms with E-state index < -0.39 is 18.0 Å². The van der Waals surface area contributed by atoms with Crippen LogP contribution in [0, 0.1) is 0 Å². The Labute approximate surface area is 132 Å². The topological polar surface area (TPSA) is 78.4 Å². The molecule has 1 aromatic rings. The Balaban J connectivity index is 2.01. The highest BCUT2D eigenvalue weighted by Gasteiger charge is 2.25. The zero-order valence-electron chi connectivity index (χ0n) is 11.3. The molecule has 1 aliphatic rings. The number of urea groups is 1. The summed E-state index contributed by atoms with van der Waals surface area (Å²) in [4.78, 5) is 23.3. The molecule has 0 bridgehead atoms. The summed E-state index contributed by atoms with van der Waals surface area (Å²) in [5.41, 5.74) is 0.375. The van der Waals surface area contributed by atoms with Gasteiger partial charge < -0.3 is 15.7 Å². The number of carboxylic acid groups (broad SMARTS) is 1. The van der Waals surface area contributed by atoms with E-state index in [0.29, 0.717) is 10.6 Å². The van der Waals surface area contributed by atoms with Crippen LogP contribution in [0.2, 0.25) is 5.02 Å². The van der Waals surface area contributed by atoms with Gasteiger partial charge in [-0.05, 0) is 24.7 Å². The fourth-order valence-corrected chi connectivity index (χ4v) is 3.51. The molecule has 114 valence electrons. The van der Waals surface area contributed by atoms with E-state index >= 15 is 0 Å². The third kappa shape index (κ3) is 4.54. The lowest BCUT2D eigenvalue weighted by Gasteiger charge is -2.24. The van der Waals surface area contributed by atoms with Gasteiger partial charge >= 0.3 is 12.0 Å². The van der Waals surface area contributed by atoms with Gasteiger partial charge in [0.15, 0.2) is 6.04 Å². The molecule has 0 aliphatic carbocycles. The molecule has 2 rings (SSSR count). The highest BCUT2D eigenvalue weighted by molar-refractivity contribution is 7.99. The highest BCUT2D eigenvalue weighted by Crippen LogP contribution is 2.23. The fourth-order valence-electron chi connectivity index (χ4n) is 2.19. The Morgan fingerprint density at radius 1 is 1.38 bits per heavy atom. The van der Waals surface area contributed by atoms with Crippen LogP contribution >= 0.6 is 23.4 Å². The number of hydrogen-bond donors (Lipinski definition) is 3. The SMILES string of the molecule is O=C(NC1CCCSC1)N[C@@H](C(=O)O)c1ccccc1Cl. The third-order valence-electron chi connectivity index (χ3n) is 3.23. The number of carboxylic acids is 1. The van der Waals surface area contributed by atoms with Gasteiger partial charge in [0.25, 0.3) is 0 Å². The normalized spacial score (nSPS) is 19.6. The second kappa shape index (κ2) is 7.56. The summed E-state index contributed by atoms with van der Waals surface area (Å²) in [6.07, 6.45) is 1.98. The first-order chi connectivity index (χ1) is 10.1. The largest absolute Gasteiger partial charge is 0.479 e. The molecule has 5 nitrogen and oxygen atoms in total. The van der Waals surface area contributed by atoms with Crippen molar-refractivity contribution in [3.8, 4) is 0 Å². The number of carbonyl (C=O) groups is 2. The Morgan fingerprint density at radius 2 is 2.14 bits per heavy atom. The predicted octanol–water partition coefficient (Wildman–Crippen LogP) is 2.66. The molecule has 1 heterocycles. The average Bonchev–Trinajstić information content (AvgIpc) is 2.46. The Hall–Kier alpha value is -1.40. The zero-order chi connectivity index (χ0) is 15.2. The number of carbonyl (C=O) groups excluding carboxylic acids is 1. The van der Waals surface area contributed by atoms with Crippen LogP contribution in [0.4, 0.5) is 4.79 Å². The monoisotopic (exact) mass is 328 g/mol. The molecule has 1 aliphatic heterocycles. The highest BCUT2D eigenvalue weighted by atomic mass is 35.5. The van der Waals surface area contributed by atoms with E-state index in [2.05, 4.69) is 10.6 Å². The van der Waals surface area contributed by atoms with E-state index in [9.17, 15) is 14.7 Å². The first-order valence-corrected chi connectivity index (χ1v) is 8.23. The maximum absolute atomic E-state index is 12.0. The molecule has 2 atom stereocenters. The van der Waals surface area contributed by atoms with Gasteiger partial charge in [-0.1, -0.05) is 29.8 Å². The van der Waals surface area contributed by atoms with Crippen LogP contribution in [0.25, 0.3) is 0 Å². The van der Waals surface area contributed by atoms with Gasteiger partial charge in [-0.3, -0.25) is 0 Å². The molecular formula is C14H17ClN2O3S. The van der Waals surface area contributed by atoms with Crippen LogP contribution < -0.4 is 10.6 Å². The number of hydrogen-bond acceptors (Lipinski definition) is 3. The van der Waals surface area contributed by atoms with Crippen molar-refractivity contribution in [1.29, 1.82) is 0 Å². The minimum absolute atomic E-state index is 0.0874. The van der Waals surface area contributed by atoms with Crippen molar-refractivity contribution in [3.05, 3.63) is 34.9 Å². The summed E-state index contributed by atoms with van der Waals surface area (Å²) in [7, 11) is 0. The molecule has 0 spiro atoms. The number of thioether (sulfide) groups is 1. The molecule has 1 aromatic carbocycles. The van der Waals surface area contributed by atoms with Gasteiger partial charge in [0.2, 0.25) is 0 Å². The van der Waals surface area contributed by atoms with Gasteiger partial charge in [0.05, 0.1) is 0 Å². The fraction of sp³-hybridized carbons (Fsp3) is 0.429. The van der Waals surface area contributed by atoms with E-state index in [-0.39, 0.29) is 6.04 Å². The molecule has 1 unspecified atom stereocenters. The van der Waals surface area contributed by atoms with E-state index in [4.69, 9.17) is 11.6 Å². The quantitative estimate of drug-likeness (QED) is 0.794. The van der Waals surface area contributed by atoms with E-state index in [0.717, 1.165) is 24.3 Å². The standard InChI is InChI=1S/C14H17ClN2O3S/c15-11-6-2-1-5-10(11)12(13(18)19)17-14(20)16-9-4-3-7-21-8-9/h1-2,5-6,9,12H,3-4,7-8H2,(H,18,19)(H2,16,17,20)/t9?,12-/m1/s1. The average molecular weight is 329 g/mol. The van der Waals surface area contributed by atoms with Crippen LogP contribution in [0.15, 0.2) is 24.3 Å². The molecule has 7 heteroatoms. The summed E-state index contributed by atoms with van der Waals surface area (Å²) < 4.78 is 0. The lowest BCUT2D eigenvalue weighted by molar-refractivity contribution is -0.139. The molecule has 1 saturated heterocycles. The van der Waals surface area contributed by atoms with Gasteiger partial charge in [-0.25, -0.2) is 9.59 Å². The molecule has 0 saturated carbocycles. The lowest BCUT2D eigenvalue weighted by atomic mass is 10.1. The maximum atomic E-state index is 12.0. The van der Waals surface area contributed by atoms with Gasteiger partial charge in [0.1, 0.15) is 0 Å². The molecule has 2 amide bonds. The van der Waals surface area contributed by atoms with Crippen molar-refractivity contribution in [3.63, 3.8) is 0 Å². The maximum Gasteiger partial charge on any atom is 0.331 e. The van der Waals surface area contributed by atoms with Crippen molar-refractivity contribution < 1.29 is 14.7 Å². The van der Waals surface area contributed by atoms with Crippen LogP contribution in [-0.4, -0.2) is 34.7 Å². The summed E-state index contributed by atoms with van der Waals surface area (Å²) in [6, 6.07) is 5.05. The van der Waals surface area contributed by atoms with Crippen molar-refractivity contribution in [2.75, 3.05) is 11.5 Å². The smallest absolute Gasteiger partial charge is 0.331 e. The number of rotatable bonds is 4. The number of benzene rings is 1. The summed E-state index contributed by atoms with van der Waals surface area (Å²) >= 11 is 7.79. The van der Waals surface area contributed by atoms with Crippen LogP contribution in [-0.2, 0) is 4.79 Å². The first-order valence-electron chi connectivity index (χ1n) is 6.70. The second-order valence-corrected chi connectivity index (χ2v) is 6.38. The Kier molecular flexibility index (Phi) is 5.76. The number of amides is 2. The van der Waals surface area contributed by atoms with Crippen molar-refractivity contribution in [1.82, 2.24) is 10.6 Å². The molecule has 21 heavy (non-hydrogen) atoms. The van der Waals surface area contributed by atoms with Crippen LogP contribution in [0.5, 0.6) is 0 Å². The minimum atomic E-state index is -1.16. The first kappa shape index (κ1) is 16.0. The van der Waals surface area contributed by atoms with Gasteiger partial charge in [-0.2, -0.15) is 11.8 Å².